The second-order valence-electron chi connectivity index (χ2n) is 4.85. The van der Waals surface area contributed by atoms with Gasteiger partial charge in [0.15, 0.2) is 0 Å². The van der Waals surface area contributed by atoms with E-state index in [9.17, 15) is 0 Å². The van der Waals surface area contributed by atoms with E-state index in [1.54, 1.807) is 0 Å². The van der Waals surface area contributed by atoms with Gasteiger partial charge in [0.1, 0.15) is 0 Å². The molecule has 1 nitrogen and oxygen atoms in total. The van der Waals surface area contributed by atoms with Gasteiger partial charge in [-0.25, -0.2) is 0 Å². The summed E-state index contributed by atoms with van der Waals surface area (Å²) in [7, 11) is 2.08. The van der Waals surface area contributed by atoms with Gasteiger partial charge in [-0.05, 0) is 44.2 Å². The standard InChI is InChI=1S/C14H21N/c1-10-5-4-6-12(9-10)13-7-8-14(15-3)11(13)2/h4-6,9,11,13-15H,7-8H2,1-3H3. The number of hydrogen-bond donors (Lipinski definition) is 1. The first-order chi connectivity index (χ1) is 7.22. The van der Waals surface area contributed by atoms with Crippen molar-refractivity contribution in [2.45, 2.75) is 38.6 Å². The van der Waals surface area contributed by atoms with Gasteiger partial charge >= 0.3 is 0 Å². The Bertz CT molecular complexity index is 332. The van der Waals surface area contributed by atoms with Gasteiger partial charge in [-0.1, -0.05) is 36.8 Å². The van der Waals surface area contributed by atoms with Crippen molar-refractivity contribution in [3.63, 3.8) is 0 Å². The van der Waals surface area contributed by atoms with Crippen molar-refractivity contribution in [3.8, 4) is 0 Å². The summed E-state index contributed by atoms with van der Waals surface area (Å²) >= 11 is 0. The number of nitrogens with one attached hydrogen (secondary N) is 1. The first kappa shape index (κ1) is 10.7. The molecule has 0 saturated heterocycles. The highest BCUT2D eigenvalue weighted by molar-refractivity contribution is 5.27. The minimum absolute atomic E-state index is 0.704. The van der Waals surface area contributed by atoms with E-state index >= 15 is 0 Å². The summed E-state index contributed by atoms with van der Waals surface area (Å²) in [5.74, 6) is 1.51. The molecule has 0 spiro atoms. The molecule has 0 radical (unpaired) electrons. The molecule has 1 fully saturated rings. The van der Waals surface area contributed by atoms with Crippen LogP contribution >= 0.6 is 0 Å². The number of rotatable bonds is 2. The van der Waals surface area contributed by atoms with E-state index in [1.165, 1.54) is 24.0 Å². The van der Waals surface area contributed by atoms with E-state index in [0.29, 0.717) is 6.04 Å². The SMILES string of the molecule is CNC1CCC(c2cccc(C)c2)C1C. The highest BCUT2D eigenvalue weighted by atomic mass is 14.9. The summed E-state index contributed by atoms with van der Waals surface area (Å²) in [5, 5.41) is 3.43. The zero-order chi connectivity index (χ0) is 10.8. The molecular formula is C14H21N. The second kappa shape index (κ2) is 4.36. The molecule has 15 heavy (non-hydrogen) atoms. The third kappa shape index (κ3) is 2.07. The Morgan fingerprint density at radius 1 is 1.27 bits per heavy atom. The van der Waals surface area contributed by atoms with Crippen LogP contribution in [0.3, 0.4) is 0 Å². The van der Waals surface area contributed by atoms with Crippen LogP contribution in [0.2, 0.25) is 0 Å². The molecule has 1 N–H and O–H groups in total. The van der Waals surface area contributed by atoms with E-state index in [4.69, 9.17) is 0 Å². The van der Waals surface area contributed by atoms with Crippen molar-refractivity contribution in [1.29, 1.82) is 0 Å². The Balaban J connectivity index is 2.18. The molecule has 2 rings (SSSR count). The van der Waals surface area contributed by atoms with Crippen molar-refractivity contribution in [1.82, 2.24) is 5.32 Å². The average Bonchev–Trinajstić information content (AvgIpc) is 2.59. The van der Waals surface area contributed by atoms with Gasteiger partial charge in [-0.3, -0.25) is 0 Å². The second-order valence-corrected chi connectivity index (χ2v) is 4.85. The fraction of sp³-hybridized carbons (Fsp3) is 0.571. The van der Waals surface area contributed by atoms with Gasteiger partial charge in [0.2, 0.25) is 0 Å². The molecule has 1 saturated carbocycles. The summed E-state index contributed by atoms with van der Waals surface area (Å²) in [4.78, 5) is 0. The average molecular weight is 203 g/mol. The quantitative estimate of drug-likeness (QED) is 0.779. The van der Waals surface area contributed by atoms with Gasteiger partial charge < -0.3 is 5.32 Å². The summed E-state index contributed by atoms with van der Waals surface area (Å²) in [6.07, 6.45) is 2.65. The lowest BCUT2D eigenvalue weighted by Gasteiger charge is -2.20. The molecular weight excluding hydrogens is 182 g/mol. The van der Waals surface area contributed by atoms with Crippen LogP contribution in [-0.2, 0) is 0 Å². The molecule has 3 unspecified atom stereocenters. The molecule has 1 aromatic rings. The van der Waals surface area contributed by atoms with Gasteiger partial charge in [-0.15, -0.1) is 0 Å². The predicted molar refractivity (Wildman–Crippen MR) is 65.2 cm³/mol. The molecule has 3 atom stereocenters. The third-order valence-electron chi connectivity index (χ3n) is 3.90. The topological polar surface area (TPSA) is 12.0 Å². The maximum Gasteiger partial charge on any atom is 0.00957 e. The van der Waals surface area contributed by atoms with E-state index in [2.05, 4.69) is 50.5 Å². The minimum Gasteiger partial charge on any atom is -0.317 e. The lowest BCUT2D eigenvalue weighted by atomic mass is 9.88. The largest absolute Gasteiger partial charge is 0.317 e. The summed E-state index contributed by atoms with van der Waals surface area (Å²) in [6, 6.07) is 9.70. The van der Waals surface area contributed by atoms with Gasteiger partial charge in [-0.2, -0.15) is 0 Å². The molecule has 1 aliphatic rings. The first-order valence-corrected chi connectivity index (χ1v) is 5.96. The van der Waals surface area contributed by atoms with Gasteiger partial charge in [0, 0.05) is 6.04 Å². The highest BCUT2D eigenvalue weighted by Gasteiger charge is 2.32. The lowest BCUT2D eigenvalue weighted by molar-refractivity contribution is 0.429. The van der Waals surface area contributed by atoms with Crippen LogP contribution in [0.4, 0.5) is 0 Å². The number of aryl methyl sites for hydroxylation is 1. The first-order valence-electron chi connectivity index (χ1n) is 5.96. The lowest BCUT2D eigenvalue weighted by Crippen LogP contribution is -2.28. The van der Waals surface area contributed by atoms with Crippen molar-refractivity contribution >= 4 is 0 Å². The smallest absolute Gasteiger partial charge is 0.00957 e. The van der Waals surface area contributed by atoms with Crippen LogP contribution < -0.4 is 5.32 Å². The predicted octanol–water partition coefficient (Wildman–Crippen LogP) is 3.10. The van der Waals surface area contributed by atoms with Crippen LogP contribution in [0, 0.1) is 12.8 Å². The van der Waals surface area contributed by atoms with E-state index in [-0.39, 0.29) is 0 Å². The van der Waals surface area contributed by atoms with Crippen LogP contribution in [-0.4, -0.2) is 13.1 Å². The van der Waals surface area contributed by atoms with Crippen LogP contribution in [0.5, 0.6) is 0 Å². The number of benzene rings is 1. The van der Waals surface area contributed by atoms with Crippen molar-refractivity contribution in [3.05, 3.63) is 35.4 Å². The third-order valence-corrected chi connectivity index (χ3v) is 3.90. The van der Waals surface area contributed by atoms with Gasteiger partial charge in [0.05, 0.1) is 0 Å². The summed E-state index contributed by atoms with van der Waals surface area (Å²) < 4.78 is 0. The molecule has 0 aromatic heterocycles. The number of hydrogen-bond acceptors (Lipinski definition) is 1. The zero-order valence-corrected chi connectivity index (χ0v) is 9.96. The van der Waals surface area contributed by atoms with Crippen molar-refractivity contribution < 1.29 is 0 Å². The normalized spacial score (nSPS) is 30.7. The summed E-state index contributed by atoms with van der Waals surface area (Å²) in [6.45, 7) is 4.56. The van der Waals surface area contributed by atoms with Crippen LogP contribution in [0.1, 0.15) is 36.8 Å². The molecule has 1 heteroatoms. The Morgan fingerprint density at radius 3 is 2.67 bits per heavy atom. The molecule has 82 valence electrons. The van der Waals surface area contributed by atoms with Crippen LogP contribution in [0.15, 0.2) is 24.3 Å². The maximum absolute atomic E-state index is 3.43. The molecule has 0 bridgehead atoms. The van der Waals surface area contributed by atoms with E-state index in [0.717, 1.165) is 11.8 Å². The summed E-state index contributed by atoms with van der Waals surface area (Å²) in [5.41, 5.74) is 2.91. The molecule has 1 aliphatic carbocycles. The highest BCUT2D eigenvalue weighted by Crippen LogP contribution is 2.39. The fourth-order valence-electron chi connectivity index (χ4n) is 2.94. The molecule has 0 amide bonds. The minimum atomic E-state index is 0.704. The molecule has 0 heterocycles. The van der Waals surface area contributed by atoms with E-state index < -0.39 is 0 Å². The van der Waals surface area contributed by atoms with Crippen LogP contribution in [0.25, 0.3) is 0 Å². The Labute approximate surface area is 92.9 Å². The molecule has 0 aliphatic heterocycles. The van der Waals surface area contributed by atoms with Gasteiger partial charge in [0.25, 0.3) is 0 Å². The molecule has 1 aromatic carbocycles. The van der Waals surface area contributed by atoms with Crippen molar-refractivity contribution in [2.24, 2.45) is 5.92 Å². The fourth-order valence-corrected chi connectivity index (χ4v) is 2.94. The Morgan fingerprint density at radius 2 is 2.07 bits per heavy atom. The zero-order valence-electron chi connectivity index (χ0n) is 9.96. The Hall–Kier alpha value is -0.820. The maximum atomic E-state index is 3.43. The van der Waals surface area contributed by atoms with E-state index in [1.807, 2.05) is 0 Å². The Kier molecular flexibility index (Phi) is 3.11. The van der Waals surface area contributed by atoms with Crippen molar-refractivity contribution in [2.75, 3.05) is 7.05 Å². The monoisotopic (exact) mass is 203 g/mol.